The van der Waals surface area contributed by atoms with Crippen LogP contribution in [-0.2, 0) is 14.3 Å². The van der Waals surface area contributed by atoms with Crippen molar-refractivity contribution in [2.24, 2.45) is 5.73 Å². The van der Waals surface area contributed by atoms with Crippen molar-refractivity contribution >= 4 is 5.97 Å². The molecule has 16 heavy (non-hydrogen) atoms. The number of carbonyl (C=O) groups excluding carboxylic acids is 1. The zero-order valence-corrected chi connectivity index (χ0v) is 11.5. The Balaban J connectivity index is 4.34. The Morgan fingerprint density at radius 1 is 1.06 bits per heavy atom. The number of esters is 1. The van der Waals surface area contributed by atoms with Crippen molar-refractivity contribution < 1.29 is 14.3 Å². The van der Waals surface area contributed by atoms with Gasteiger partial charge in [-0.3, -0.25) is 4.79 Å². The van der Waals surface area contributed by atoms with Crippen LogP contribution in [0.15, 0.2) is 0 Å². The fourth-order valence-electron chi connectivity index (χ4n) is 1.19. The lowest BCUT2D eigenvalue weighted by Gasteiger charge is -2.29. The minimum Gasteiger partial charge on any atom is -0.459 e. The fraction of sp³-hybridized carbons (Fsp3) is 0.917. The van der Waals surface area contributed by atoms with Gasteiger partial charge in [-0.1, -0.05) is 0 Å². The second-order valence-electron chi connectivity index (χ2n) is 5.99. The summed E-state index contributed by atoms with van der Waals surface area (Å²) >= 11 is 0. The second kappa shape index (κ2) is 5.15. The van der Waals surface area contributed by atoms with Crippen LogP contribution >= 0.6 is 0 Å². The maximum absolute atomic E-state index is 11.7. The lowest BCUT2D eigenvalue weighted by atomic mass is 10.1. The van der Waals surface area contributed by atoms with Crippen molar-refractivity contribution in [1.82, 2.24) is 0 Å². The molecule has 0 heterocycles. The van der Waals surface area contributed by atoms with E-state index in [0.717, 1.165) is 0 Å². The Morgan fingerprint density at radius 2 is 1.50 bits per heavy atom. The zero-order chi connectivity index (χ0) is 13.1. The molecule has 2 atom stereocenters. The first-order chi connectivity index (χ1) is 6.92. The molecule has 0 aliphatic rings. The van der Waals surface area contributed by atoms with E-state index in [4.69, 9.17) is 15.2 Å². The largest absolute Gasteiger partial charge is 0.459 e. The van der Waals surface area contributed by atoms with Crippen LogP contribution in [0.1, 0.15) is 48.5 Å². The van der Waals surface area contributed by atoms with Gasteiger partial charge in [0.15, 0.2) is 0 Å². The van der Waals surface area contributed by atoms with Crippen LogP contribution in [-0.4, -0.2) is 29.3 Å². The third kappa shape index (κ3) is 6.80. The van der Waals surface area contributed by atoms with Crippen LogP contribution in [0, 0.1) is 0 Å². The molecule has 4 nitrogen and oxygen atoms in total. The Labute approximate surface area is 98.5 Å². The van der Waals surface area contributed by atoms with Gasteiger partial charge in [0.25, 0.3) is 0 Å². The quantitative estimate of drug-likeness (QED) is 0.753. The Morgan fingerprint density at radius 3 is 1.81 bits per heavy atom. The van der Waals surface area contributed by atoms with E-state index in [9.17, 15) is 4.79 Å². The molecule has 0 aliphatic carbocycles. The highest BCUT2D eigenvalue weighted by molar-refractivity contribution is 5.76. The van der Waals surface area contributed by atoms with Crippen molar-refractivity contribution in [2.75, 3.05) is 0 Å². The van der Waals surface area contributed by atoms with E-state index in [-0.39, 0.29) is 11.7 Å². The van der Waals surface area contributed by atoms with E-state index in [1.165, 1.54) is 0 Å². The summed E-state index contributed by atoms with van der Waals surface area (Å²) in [7, 11) is 0. The summed E-state index contributed by atoms with van der Waals surface area (Å²) in [6.07, 6.45) is -0.366. The molecule has 0 saturated heterocycles. The summed E-state index contributed by atoms with van der Waals surface area (Å²) in [5.74, 6) is -0.427. The normalized spacial score (nSPS) is 16.8. The molecule has 0 amide bonds. The van der Waals surface area contributed by atoms with Crippen molar-refractivity contribution in [1.29, 1.82) is 0 Å². The summed E-state index contributed by atoms with van der Waals surface area (Å²) in [4.78, 5) is 11.7. The first-order valence-electron chi connectivity index (χ1n) is 5.58. The smallest absolute Gasteiger partial charge is 0.326 e. The van der Waals surface area contributed by atoms with Gasteiger partial charge in [-0.05, 0) is 48.5 Å². The van der Waals surface area contributed by atoms with Crippen LogP contribution in [0.4, 0.5) is 0 Å². The van der Waals surface area contributed by atoms with E-state index >= 15 is 0 Å². The maximum Gasteiger partial charge on any atom is 0.326 e. The van der Waals surface area contributed by atoms with Gasteiger partial charge in [-0.25, -0.2) is 0 Å². The fourth-order valence-corrected chi connectivity index (χ4v) is 1.19. The third-order valence-electron chi connectivity index (χ3n) is 1.72. The molecule has 0 aromatic heterocycles. The van der Waals surface area contributed by atoms with E-state index in [1.807, 2.05) is 41.5 Å². The summed E-state index contributed by atoms with van der Waals surface area (Å²) in [5, 5.41) is 0. The van der Waals surface area contributed by atoms with Crippen LogP contribution in [0.5, 0.6) is 0 Å². The van der Waals surface area contributed by atoms with Crippen LogP contribution in [0.2, 0.25) is 0 Å². The number of ether oxygens (including phenoxy) is 2. The Hall–Kier alpha value is -0.610. The summed E-state index contributed by atoms with van der Waals surface area (Å²) in [6, 6.07) is -0.751. The third-order valence-corrected chi connectivity index (χ3v) is 1.72. The van der Waals surface area contributed by atoms with E-state index < -0.39 is 17.6 Å². The minimum absolute atomic E-state index is 0.320. The molecule has 0 aliphatic heterocycles. The molecule has 0 unspecified atom stereocenters. The maximum atomic E-state index is 11.7. The Bertz CT molecular complexity index is 238. The number of hydrogen-bond acceptors (Lipinski definition) is 4. The first kappa shape index (κ1) is 15.4. The highest BCUT2D eigenvalue weighted by Gasteiger charge is 2.29. The average molecular weight is 231 g/mol. The highest BCUT2D eigenvalue weighted by atomic mass is 16.6. The van der Waals surface area contributed by atoms with Crippen molar-refractivity contribution in [2.45, 2.75) is 71.8 Å². The monoisotopic (exact) mass is 231 g/mol. The summed E-state index contributed by atoms with van der Waals surface area (Å²) in [6.45, 7) is 13.0. The summed E-state index contributed by atoms with van der Waals surface area (Å²) in [5.41, 5.74) is 4.94. The molecule has 0 radical (unpaired) electrons. The van der Waals surface area contributed by atoms with Crippen LogP contribution < -0.4 is 5.73 Å². The number of hydrogen-bond donors (Lipinski definition) is 1. The molecule has 0 spiro atoms. The molecule has 96 valence electrons. The molecule has 0 aromatic carbocycles. The van der Waals surface area contributed by atoms with Gasteiger partial charge in [0.05, 0.1) is 11.7 Å². The lowest BCUT2D eigenvalue weighted by molar-refractivity contribution is -0.162. The van der Waals surface area contributed by atoms with Crippen LogP contribution in [0.25, 0.3) is 0 Å². The molecule has 0 rings (SSSR count). The number of nitrogens with two attached hydrogens (primary N) is 1. The standard InChI is InChI=1S/C12H25NO3/c1-8(15-11(2,3)4)9(13)10(14)16-12(5,6)7/h8-9H,13H2,1-7H3/t8-,9-/m0/s1. The minimum atomic E-state index is -0.751. The van der Waals surface area contributed by atoms with Crippen LogP contribution in [0.3, 0.4) is 0 Å². The molecule has 2 N–H and O–H groups in total. The van der Waals surface area contributed by atoms with Gasteiger partial charge in [0, 0.05) is 0 Å². The molecular weight excluding hydrogens is 206 g/mol. The van der Waals surface area contributed by atoms with Gasteiger partial charge < -0.3 is 15.2 Å². The Kier molecular flexibility index (Phi) is 4.95. The number of rotatable bonds is 3. The van der Waals surface area contributed by atoms with Gasteiger partial charge in [0.1, 0.15) is 11.6 Å². The molecule has 4 heteroatoms. The second-order valence-corrected chi connectivity index (χ2v) is 5.99. The van der Waals surface area contributed by atoms with Gasteiger partial charge in [-0.2, -0.15) is 0 Å². The number of carbonyl (C=O) groups is 1. The van der Waals surface area contributed by atoms with E-state index in [2.05, 4.69) is 0 Å². The van der Waals surface area contributed by atoms with Gasteiger partial charge in [0.2, 0.25) is 0 Å². The van der Waals surface area contributed by atoms with Crippen molar-refractivity contribution in [3.05, 3.63) is 0 Å². The van der Waals surface area contributed by atoms with Gasteiger partial charge >= 0.3 is 5.97 Å². The highest BCUT2D eigenvalue weighted by Crippen LogP contribution is 2.15. The summed E-state index contributed by atoms with van der Waals surface area (Å²) < 4.78 is 10.8. The van der Waals surface area contributed by atoms with E-state index in [1.54, 1.807) is 6.92 Å². The molecule has 0 saturated carbocycles. The average Bonchev–Trinajstić information content (AvgIpc) is 1.96. The first-order valence-corrected chi connectivity index (χ1v) is 5.58. The van der Waals surface area contributed by atoms with E-state index in [0.29, 0.717) is 0 Å². The topological polar surface area (TPSA) is 61.5 Å². The SMILES string of the molecule is C[C@H](OC(C)(C)C)[C@H](N)C(=O)OC(C)(C)C. The molecule has 0 bridgehead atoms. The molecule has 0 fully saturated rings. The molecule has 0 aromatic rings. The molecular formula is C12H25NO3. The lowest BCUT2D eigenvalue weighted by Crippen LogP contribution is -2.47. The predicted octanol–water partition coefficient (Wildman–Crippen LogP) is 1.86. The van der Waals surface area contributed by atoms with Gasteiger partial charge in [-0.15, -0.1) is 0 Å². The van der Waals surface area contributed by atoms with Crippen molar-refractivity contribution in [3.63, 3.8) is 0 Å². The van der Waals surface area contributed by atoms with Crippen molar-refractivity contribution in [3.8, 4) is 0 Å². The predicted molar refractivity (Wildman–Crippen MR) is 64.1 cm³/mol. The zero-order valence-electron chi connectivity index (χ0n) is 11.5.